The smallest absolute Gasteiger partial charge is 0.251 e. The normalized spacial score (nSPS) is 15.5. The quantitative estimate of drug-likeness (QED) is 0.376. The van der Waals surface area contributed by atoms with Crippen molar-refractivity contribution in [2.24, 2.45) is 5.73 Å². The van der Waals surface area contributed by atoms with Gasteiger partial charge in [-0.3, -0.25) is 4.79 Å². The van der Waals surface area contributed by atoms with Gasteiger partial charge in [-0.15, -0.1) is 0 Å². The molecule has 170 valence electrons. The second-order valence-electron chi connectivity index (χ2n) is 8.35. The van der Waals surface area contributed by atoms with E-state index in [1.54, 1.807) is 49.4 Å². The molecule has 7 nitrogen and oxygen atoms in total. The number of hydrogen-bond donors (Lipinski definition) is 4. The third kappa shape index (κ3) is 6.42. The summed E-state index contributed by atoms with van der Waals surface area (Å²) < 4.78 is 0. The molecule has 1 saturated heterocycles. The number of carbonyl (C=O) groups excluding carboxylic acids is 1. The van der Waals surface area contributed by atoms with Gasteiger partial charge in [0.15, 0.2) is 0 Å². The first-order valence-electron chi connectivity index (χ1n) is 11.0. The fourth-order valence-electron chi connectivity index (χ4n) is 3.66. The Hall–Kier alpha value is -3.16. The first kappa shape index (κ1) is 23.5. The lowest BCUT2D eigenvalue weighted by Gasteiger charge is -2.32. The van der Waals surface area contributed by atoms with Crippen LogP contribution >= 0.6 is 0 Å². The summed E-state index contributed by atoms with van der Waals surface area (Å²) in [6, 6.07) is 12.1. The van der Waals surface area contributed by atoms with Gasteiger partial charge in [0.1, 0.15) is 5.75 Å². The fraction of sp³-hybridized carbons (Fsp3) is 0.360. The van der Waals surface area contributed by atoms with Crippen molar-refractivity contribution in [3.63, 3.8) is 0 Å². The number of nitrogens with one attached hydrogen (secondary N) is 2. The number of allylic oxidation sites excluding steroid dienone is 1. The predicted molar refractivity (Wildman–Crippen MR) is 129 cm³/mol. The van der Waals surface area contributed by atoms with Crippen molar-refractivity contribution in [1.82, 2.24) is 15.1 Å². The van der Waals surface area contributed by atoms with Crippen LogP contribution in [-0.4, -0.2) is 72.8 Å². The molecule has 0 aliphatic carbocycles. The highest BCUT2D eigenvalue weighted by molar-refractivity contribution is 6.10. The van der Waals surface area contributed by atoms with Crippen LogP contribution in [-0.2, 0) is 0 Å². The number of likely N-dealkylation sites (N-methyl/N-ethyl adjacent to an activating group) is 1. The van der Waals surface area contributed by atoms with Gasteiger partial charge in [-0.25, -0.2) is 0 Å². The Labute approximate surface area is 190 Å². The van der Waals surface area contributed by atoms with E-state index < -0.39 is 0 Å². The van der Waals surface area contributed by atoms with Gasteiger partial charge in [-0.05, 0) is 80.0 Å². The number of phenolic OH excluding ortho intramolecular Hbond substituents is 1. The number of benzene rings is 2. The summed E-state index contributed by atoms with van der Waals surface area (Å²) in [7, 11) is 2.14. The molecule has 3 rings (SSSR count). The standard InChI is InChI=1S/C25H33N5O2/c1-18-15-20(7-8-24(18)31)23(27)17-22(26)19-5-3-6-21(16-19)25(32)28-9-4-10-30-13-11-29(2)12-14-30/h3,5-8,15-17,27,31H,4,9-14,26H2,1-2H3,(H,28,32)/b22-17-,27-23?. The zero-order valence-electron chi connectivity index (χ0n) is 18.9. The van der Waals surface area contributed by atoms with E-state index >= 15 is 0 Å². The molecule has 2 aromatic carbocycles. The van der Waals surface area contributed by atoms with Gasteiger partial charge in [0.25, 0.3) is 5.91 Å². The number of phenols is 1. The minimum absolute atomic E-state index is 0.123. The van der Waals surface area contributed by atoms with Crippen LogP contribution in [0.25, 0.3) is 5.70 Å². The Morgan fingerprint density at radius 2 is 1.84 bits per heavy atom. The van der Waals surface area contributed by atoms with Crippen LogP contribution in [0.15, 0.2) is 48.5 Å². The molecular weight excluding hydrogens is 402 g/mol. The summed E-state index contributed by atoms with van der Waals surface area (Å²) in [5.74, 6) is 0.0722. The van der Waals surface area contributed by atoms with Gasteiger partial charge in [0.05, 0.1) is 5.71 Å². The second-order valence-corrected chi connectivity index (χ2v) is 8.35. The molecule has 2 aromatic rings. The third-order valence-electron chi connectivity index (χ3n) is 5.80. The molecule has 1 amide bonds. The van der Waals surface area contributed by atoms with E-state index in [9.17, 15) is 9.90 Å². The number of nitrogens with two attached hydrogens (primary N) is 1. The Bertz CT molecular complexity index is 994. The van der Waals surface area contributed by atoms with Gasteiger partial charge in [-0.2, -0.15) is 0 Å². The molecule has 0 aromatic heterocycles. The SMILES string of the molecule is Cc1cc(C(=N)/C=C(\N)c2cccc(C(=O)NCCCN3CCN(C)CC3)c2)ccc1O. The molecule has 0 spiro atoms. The van der Waals surface area contributed by atoms with Crippen LogP contribution in [0.3, 0.4) is 0 Å². The summed E-state index contributed by atoms with van der Waals surface area (Å²) in [6.07, 6.45) is 2.49. The van der Waals surface area contributed by atoms with Crippen molar-refractivity contribution in [3.05, 3.63) is 70.8 Å². The molecule has 1 fully saturated rings. The maximum atomic E-state index is 12.6. The van der Waals surface area contributed by atoms with Crippen molar-refractivity contribution in [2.45, 2.75) is 13.3 Å². The Morgan fingerprint density at radius 1 is 1.12 bits per heavy atom. The summed E-state index contributed by atoms with van der Waals surface area (Å²) in [5.41, 5.74) is 9.46. The third-order valence-corrected chi connectivity index (χ3v) is 5.80. The maximum absolute atomic E-state index is 12.6. The number of piperazine rings is 1. The first-order chi connectivity index (χ1) is 15.3. The molecule has 1 aliphatic rings. The molecular formula is C25H33N5O2. The molecule has 1 heterocycles. The Balaban J connectivity index is 1.55. The van der Waals surface area contributed by atoms with E-state index in [0.29, 0.717) is 34.5 Å². The first-order valence-corrected chi connectivity index (χ1v) is 11.0. The topological polar surface area (TPSA) is 106 Å². The lowest BCUT2D eigenvalue weighted by atomic mass is 10.0. The maximum Gasteiger partial charge on any atom is 0.251 e. The van der Waals surface area contributed by atoms with E-state index in [2.05, 4.69) is 22.2 Å². The van der Waals surface area contributed by atoms with Crippen molar-refractivity contribution in [2.75, 3.05) is 46.3 Å². The van der Waals surface area contributed by atoms with Gasteiger partial charge >= 0.3 is 0 Å². The monoisotopic (exact) mass is 435 g/mol. The highest BCUT2D eigenvalue weighted by Crippen LogP contribution is 2.19. The fourth-order valence-corrected chi connectivity index (χ4v) is 3.66. The minimum Gasteiger partial charge on any atom is -0.508 e. The lowest BCUT2D eigenvalue weighted by Crippen LogP contribution is -2.45. The molecule has 1 aliphatic heterocycles. The Kier molecular flexibility index (Phi) is 8.03. The van der Waals surface area contributed by atoms with Crippen LogP contribution < -0.4 is 11.1 Å². The van der Waals surface area contributed by atoms with Crippen LogP contribution in [0.1, 0.15) is 33.5 Å². The summed E-state index contributed by atoms with van der Waals surface area (Å²) >= 11 is 0. The minimum atomic E-state index is -0.123. The molecule has 0 saturated carbocycles. The molecule has 32 heavy (non-hydrogen) atoms. The number of rotatable bonds is 8. The van der Waals surface area contributed by atoms with Crippen LogP contribution in [0.4, 0.5) is 0 Å². The molecule has 0 radical (unpaired) electrons. The zero-order chi connectivity index (χ0) is 23.1. The van der Waals surface area contributed by atoms with Crippen molar-refractivity contribution in [3.8, 4) is 5.75 Å². The summed E-state index contributed by atoms with van der Waals surface area (Å²) in [5, 5.41) is 21.0. The van der Waals surface area contributed by atoms with Crippen molar-refractivity contribution >= 4 is 17.3 Å². The zero-order valence-corrected chi connectivity index (χ0v) is 18.9. The van der Waals surface area contributed by atoms with E-state index in [4.69, 9.17) is 11.1 Å². The number of amides is 1. The average Bonchev–Trinajstić information content (AvgIpc) is 2.79. The van der Waals surface area contributed by atoms with E-state index in [0.717, 1.165) is 39.1 Å². The number of aryl methyl sites for hydroxylation is 1. The number of nitrogens with zero attached hydrogens (tertiary/aromatic N) is 2. The highest BCUT2D eigenvalue weighted by atomic mass is 16.3. The van der Waals surface area contributed by atoms with Crippen molar-refractivity contribution < 1.29 is 9.90 Å². The van der Waals surface area contributed by atoms with Crippen molar-refractivity contribution in [1.29, 1.82) is 5.41 Å². The predicted octanol–water partition coefficient (Wildman–Crippen LogP) is 2.44. The van der Waals surface area contributed by atoms with Crippen LogP contribution in [0.5, 0.6) is 5.75 Å². The van der Waals surface area contributed by atoms with Crippen LogP contribution in [0.2, 0.25) is 0 Å². The largest absolute Gasteiger partial charge is 0.508 e. The molecule has 5 N–H and O–H groups in total. The molecule has 7 heteroatoms. The van der Waals surface area contributed by atoms with E-state index in [1.165, 1.54) is 0 Å². The molecule has 0 atom stereocenters. The van der Waals surface area contributed by atoms with Gasteiger partial charge in [0, 0.05) is 44.0 Å². The van der Waals surface area contributed by atoms with Crippen LogP contribution in [0, 0.1) is 12.3 Å². The highest BCUT2D eigenvalue weighted by Gasteiger charge is 2.13. The van der Waals surface area contributed by atoms with E-state index in [-0.39, 0.29) is 17.4 Å². The lowest BCUT2D eigenvalue weighted by molar-refractivity contribution is 0.0949. The summed E-state index contributed by atoms with van der Waals surface area (Å²) in [4.78, 5) is 17.3. The molecule has 0 unspecified atom stereocenters. The number of carbonyl (C=O) groups is 1. The molecule has 0 bridgehead atoms. The second kappa shape index (κ2) is 10.9. The summed E-state index contributed by atoms with van der Waals surface area (Å²) in [6.45, 7) is 7.75. The van der Waals surface area contributed by atoms with Gasteiger partial charge < -0.3 is 31.4 Å². The Morgan fingerprint density at radius 3 is 2.56 bits per heavy atom. The average molecular weight is 436 g/mol. The number of aromatic hydroxyl groups is 1. The van der Waals surface area contributed by atoms with Gasteiger partial charge in [0.2, 0.25) is 0 Å². The van der Waals surface area contributed by atoms with Gasteiger partial charge in [-0.1, -0.05) is 12.1 Å². The van der Waals surface area contributed by atoms with E-state index in [1.807, 2.05) is 6.07 Å². The number of hydrogen-bond acceptors (Lipinski definition) is 6.